The van der Waals surface area contributed by atoms with Crippen LogP contribution in [0.2, 0.25) is 0 Å². The maximum absolute atomic E-state index is 11.9. The second-order valence-electron chi connectivity index (χ2n) is 4.71. The molecule has 0 aromatic heterocycles. The molecule has 6 heteroatoms. The van der Waals surface area contributed by atoms with Gasteiger partial charge in [0.2, 0.25) is 6.79 Å². The summed E-state index contributed by atoms with van der Waals surface area (Å²) in [6.07, 6.45) is 2.18. The lowest BCUT2D eigenvalue weighted by Crippen LogP contribution is -2.11. The van der Waals surface area contributed by atoms with Gasteiger partial charge in [-0.2, -0.15) is 0 Å². The Hall–Kier alpha value is -1.27. The zero-order chi connectivity index (χ0) is 12.8. The highest BCUT2D eigenvalue weighted by Crippen LogP contribution is 2.40. The fourth-order valence-corrected chi connectivity index (χ4v) is 3.47. The van der Waals surface area contributed by atoms with Gasteiger partial charge in [-0.3, -0.25) is 0 Å². The molecular weight excluding hydrogens is 254 g/mol. The second kappa shape index (κ2) is 4.13. The van der Waals surface area contributed by atoms with Gasteiger partial charge < -0.3 is 14.8 Å². The maximum Gasteiger partial charge on any atom is 0.231 e. The Labute approximate surface area is 106 Å². The number of hydrogen-bond acceptors (Lipinski definition) is 5. The molecule has 2 aliphatic heterocycles. The molecule has 1 N–H and O–H groups in total. The Balaban J connectivity index is 2.15. The average Bonchev–Trinajstić information content (AvgIpc) is 2.97. The first kappa shape index (κ1) is 11.8. The topological polar surface area (TPSA) is 64.6 Å². The van der Waals surface area contributed by atoms with Crippen molar-refractivity contribution in [2.24, 2.45) is 0 Å². The SMILES string of the molecule is CS(=O)(=O)c1cc2c(cc1C1CCNC1)OCO2. The zero-order valence-corrected chi connectivity index (χ0v) is 10.9. The van der Waals surface area contributed by atoms with Crippen molar-refractivity contribution in [2.75, 3.05) is 26.1 Å². The molecule has 5 nitrogen and oxygen atoms in total. The Bertz CT molecular complexity index is 576. The van der Waals surface area contributed by atoms with Crippen molar-refractivity contribution < 1.29 is 17.9 Å². The molecule has 1 aromatic rings. The number of hydrogen-bond donors (Lipinski definition) is 1. The second-order valence-corrected chi connectivity index (χ2v) is 6.69. The average molecular weight is 269 g/mol. The number of rotatable bonds is 2. The van der Waals surface area contributed by atoms with Crippen molar-refractivity contribution in [3.05, 3.63) is 17.7 Å². The van der Waals surface area contributed by atoms with Crippen molar-refractivity contribution in [2.45, 2.75) is 17.2 Å². The predicted octanol–water partition coefficient (Wildman–Crippen LogP) is 0.896. The van der Waals surface area contributed by atoms with Crippen LogP contribution in [0.5, 0.6) is 11.5 Å². The largest absolute Gasteiger partial charge is 0.454 e. The minimum atomic E-state index is -3.26. The van der Waals surface area contributed by atoms with Crippen molar-refractivity contribution in [3.63, 3.8) is 0 Å². The Morgan fingerprint density at radius 2 is 2.00 bits per heavy atom. The molecule has 2 aliphatic rings. The summed E-state index contributed by atoms with van der Waals surface area (Å²) < 4.78 is 34.4. The van der Waals surface area contributed by atoms with E-state index in [2.05, 4.69) is 5.32 Å². The van der Waals surface area contributed by atoms with Gasteiger partial charge in [0.25, 0.3) is 0 Å². The van der Waals surface area contributed by atoms with Crippen LogP contribution in [0.1, 0.15) is 17.9 Å². The van der Waals surface area contributed by atoms with Crippen LogP contribution in [0.4, 0.5) is 0 Å². The van der Waals surface area contributed by atoms with E-state index in [1.54, 1.807) is 6.07 Å². The summed E-state index contributed by atoms with van der Waals surface area (Å²) in [4.78, 5) is 0.362. The van der Waals surface area contributed by atoms with Crippen LogP contribution < -0.4 is 14.8 Å². The summed E-state index contributed by atoms with van der Waals surface area (Å²) in [6.45, 7) is 1.88. The predicted molar refractivity (Wildman–Crippen MR) is 65.9 cm³/mol. The molecule has 0 radical (unpaired) electrons. The fraction of sp³-hybridized carbons (Fsp3) is 0.500. The third-order valence-corrected chi connectivity index (χ3v) is 4.56. The monoisotopic (exact) mass is 269 g/mol. The van der Waals surface area contributed by atoms with Crippen LogP contribution in [-0.4, -0.2) is 34.6 Å². The first-order chi connectivity index (χ1) is 8.55. The number of sulfone groups is 1. The van der Waals surface area contributed by atoms with Gasteiger partial charge in [-0.15, -0.1) is 0 Å². The van der Waals surface area contributed by atoms with Gasteiger partial charge in [0.05, 0.1) is 4.90 Å². The van der Waals surface area contributed by atoms with E-state index < -0.39 is 9.84 Å². The van der Waals surface area contributed by atoms with E-state index in [4.69, 9.17) is 9.47 Å². The molecule has 1 aromatic carbocycles. The minimum absolute atomic E-state index is 0.158. The van der Waals surface area contributed by atoms with Crippen LogP contribution in [0.15, 0.2) is 17.0 Å². The van der Waals surface area contributed by atoms with E-state index in [0.29, 0.717) is 16.4 Å². The smallest absolute Gasteiger partial charge is 0.231 e. The summed E-state index contributed by atoms with van der Waals surface area (Å²) in [7, 11) is -3.26. The molecule has 0 aliphatic carbocycles. The van der Waals surface area contributed by atoms with E-state index in [1.165, 1.54) is 6.26 Å². The lowest BCUT2D eigenvalue weighted by Gasteiger charge is -2.14. The first-order valence-electron chi connectivity index (χ1n) is 5.90. The van der Waals surface area contributed by atoms with Crippen LogP contribution in [0, 0.1) is 0 Å². The molecule has 1 atom stereocenters. The van der Waals surface area contributed by atoms with Gasteiger partial charge in [-0.05, 0) is 30.5 Å². The van der Waals surface area contributed by atoms with Crippen LogP contribution >= 0.6 is 0 Å². The molecule has 0 amide bonds. The highest BCUT2D eigenvalue weighted by molar-refractivity contribution is 7.90. The quantitative estimate of drug-likeness (QED) is 0.864. The van der Waals surface area contributed by atoms with Crippen molar-refractivity contribution in [3.8, 4) is 11.5 Å². The van der Waals surface area contributed by atoms with E-state index in [-0.39, 0.29) is 12.7 Å². The summed E-state index contributed by atoms with van der Waals surface area (Å²) >= 11 is 0. The minimum Gasteiger partial charge on any atom is -0.454 e. The number of nitrogens with one attached hydrogen (secondary N) is 1. The van der Waals surface area contributed by atoms with Crippen LogP contribution in [-0.2, 0) is 9.84 Å². The Morgan fingerprint density at radius 3 is 2.61 bits per heavy atom. The standard InChI is InChI=1S/C12H15NO4S/c1-18(14,15)12-5-11-10(16-7-17-11)4-9(12)8-2-3-13-6-8/h4-5,8,13H,2-3,6-7H2,1H3. The number of benzene rings is 1. The van der Waals surface area contributed by atoms with Crippen molar-refractivity contribution >= 4 is 9.84 Å². The zero-order valence-electron chi connectivity index (χ0n) is 10.1. The van der Waals surface area contributed by atoms with E-state index in [0.717, 1.165) is 25.1 Å². The maximum atomic E-state index is 11.9. The highest BCUT2D eigenvalue weighted by atomic mass is 32.2. The molecule has 0 saturated carbocycles. The number of ether oxygens (including phenoxy) is 2. The van der Waals surface area contributed by atoms with Gasteiger partial charge in [0.1, 0.15) is 0 Å². The molecular formula is C12H15NO4S. The fourth-order valence-electron chi connectivity index (χ4n) is 2.50. The third-order valence-electron chi connectivity index (χ3n) is 3.40. The molecule has 1 unspecified atom stereocenters. The highest BCUT2D eigenvalue weighted by Gasteiger charge is 2.27. The third kappa shape index (κ3) is 1.95. The van der Waals surface area contributed by atoms with E-state index in [9.17, 15) is 8.42 Å². The molecule has 18 heavy (non-hydrogen) atoms. The molecule has 0 bridgehead atoms. The molecule has 0 spiro atoms. The normalized spacial score (nSPS) is 22.4. The molecule has 98 valence electrons. The van der Waals surface area contributed by atoms with Crippen LogP contribution in [0.25, 0.3) is 0 Å². The lowest BCUT2D eigenvalue weighted by molar-refractivity contribution is 0.174. The van der Waals surface area contributed by atoms with Crippen molar-refractivity contribution in [1.29, 1.82) is 0 Å². The van der Waals surface area contributed by atoms with E-state index in [1.807, 2.05) is 6.07 Å². The summed E-state index contributed by atoms with van der Waals surface area (Å²) in [5.74, 6) is 1.39. The molecule has 2 heterocycles. The van der Waals surface area contributed by atoms with Gasteiger partial charge in [-0.1, -0.05) is 0 Å². The molecule has 1 fully saturated rings. The Morgan fingerprint density at radius 1 is 1.28 bits per heavy atom. The van der Waals surface area contributed by atoms with Gasteiger partial charge in [0.15, 0.2) is 21.3 Å². The number of fused-ring (bicyclic) bond motifs is 1. The molecule has 1 saturated heterocycles. The van der Waals surface area contributed by atoms with Gasteiger partial charge in [-0.25, -0.2) is 8.42 Å². The first-order valence-corrected chi connectivity index (χ1v) is 7.79. The Kier molecular flexibility index (Phi) is 2.71. The summed E-state index contributed by atoms with van der Waals surface area (Å²) in [5.41, 5.74) is 0.840. The van der Waals surface area contributed by atoms with Crippen molar-refractivity contribution in [1.82, 2.24) is 5.32 Å². The summed E-state index contributed by atoms with van der Waals surface area (Å²) in [5, 5.41) is 3.25. The summed E-state index contributed by atoms with van der Waals surface area (Å²) in [6, 6.07) is 3.40. The lowest BCUT2D eigenvalue weighted by atomic mass is 9.98. The molecule has 3 rings (SSSR count). The van der Waals surface area contributed by atoms with Gasteiger partial charge in [0, 0.05) is 18.9 Å². The van der Waals surface area contributed by atoms with Gasteiger partial charge >= 0.3 is 0 Å². The van der Waals surface area contributed by atoms with Crippen LogP contribution in [0.3, 0.4) is 0 Å². The van der Waals surface area contributed by atoms with E-state index >= 15 is 0 Å².